The highest BCUT2D eigenvalue weighted by Gasteiger charge is 2.30. The van der Waals surface area contributed by atoms with Crippen LogP contribution in [0.3, 0.4) is 0 Å². The van der Waals surface area contributed by atoms with E-state index in [9.17, 15) is 22.0 Å². The van der Waals surface area contributed by atoms with Crippen molar-refractivity contribution in [3.05, 3.63) is 77.9 Å². The van der Waals surface area contributed by atoms with Crippen LogP contribution in [0, 0.1) is 11.6 Å². The Kier molecular flexibility index (Phi) is 6.20. The molecule has 3 aromatic rings. The fourth-order valence-electron chi connectivity index (χ4n) is 3.06. The van der Waals surface area contributed by atoms with E-state index < -0.39 is 30.2 Å². The predicted octanol–water partition coefficient (Wildman–Crippen LogP) is 7.23. The summed E-state index contributed by atoms with van der Waals surface area (Å²) in [4.78, 5) is 0. The molecule has 0 aliphatic rings. The summed E-state index contributed by atoms with van der Waals surface area (Å²) in [5.41, 5.74) is 2.80. The van der Waals surface area contributed by atoms with Crippen molar-refractivity contribution in [1.82, 2.24) is 0 Å². The molecule has 0 heterocycles. The van der Waals surface area contributed by atoms with Gasteiger partial charge in [-0.2, -0.15) is 13.2 Å². The van der Waals surface area contributed by atoms with Gasteiger partial charge in [-0.05, 0) is 54.0 Å². The number of aryl methyl sites for hydroxylation is 1. The van der Waals surface area contributed by atoms with E-state index in [0.717, 1.165) is 30.0 Å². The Balaban J connectivity index is 1.88. The number of fused-ring (bicyclic) bond motifs is 1. The molecule has 6 heteroatoms. The number of halogens is 5. The van der Waals surface area contributed by atoms with Crippen molar-refractivity contribution in [2.45, 2.75) is 25.9 Å². The topological polar surface area (TPSA) is 9.23 Å². The lowest BCUT2D eigenvalue weighted by atomic mass is 9.99. The van der Waals surface area contributed by atoms with Crippen LogP contribution in [0.25, 0.3) is 21.9 Å². The minimum atomic E-state index is -4.68. The number of allylic oxidation sites excluding steroid dienone is 2. The largest absolute Gasteiger partial charge is 0.478 e. The van der Waals surface area contributed by atoms with Crippen LogP contribution in [-0.4, -0.2) is 12.8 Å². The molecule has 29 heavy (non-hydrogen) atoms. The van der Waals surface area contributed by atoms with Crippen LogP contribution in [0.2, 0.25) is 0 Å². The van der Waals surface area contributed by atoms with E-state index in [-0.39, 0.29) is 10.8 Å². The molecule has 1 nitrogen and oxygen atoms in total. The molecule has 0 bridgehead atoms. The Morgan fingerprint density at radius 1 is 0.931 bits per heavy atom. The lowest BCUT2D eigenvalue weighted by Gasteiger charge is -2.13. The predicted molar refractivity (Wildman–Crippen MR) is 104 cm³/mol. The number of alkyl halides is 3. The van der Waals surface area contributed by atoms with E-state index in [4.69, 9.17) is 0 Å². The van der Waals surface area contributed by atoms with Gasteiger partial charge in [-0.25, -0.2) is 8.78 Å². The molecule has 0 saturated heterocycles. The van der Waals surface area contributed by atoms with Crippen LogP contribution in [0.1, 0.15) is 18.9 Å². The molecule has 0 aliphatic heterocycles. The molecular formula is C23H19F5O. The number of hydrogen-bond donors (Lipinski definition) is 0. The van der Waals surface area contributed by atoms with E-state index in [1.165, 1.54) is 11.6 Å². The lowest BCUT2D eigenvalue weighted by Crippen LogP contribution is -2.20. The molecule has 0 amide bonds. The summed E-state index contributed by atoms with van der Waals surface area (Å²) in [6.45, 7) is 0.213. The summed E-state index contributed by atoms with van der Waals surface area (Å²) in [5.74, 6) is -3.33. The minimum Gasteiger partial charge on any atom is -0.478 e. The second kappa shape index (κ2) is 8.64. The van der Waals surface area contributed by atoms with E-state index >= 15 is 0 Å². The monoisotopic (exact) mass is 406 g/mol. The van der Waals surface area contributed by atoms with Crippen LogP contribution >= 0.6 is 0 Å². The maximum Gasteiger partial charge on any atom is 0.422 e. The third-order valence-electron chi connectivity index (χ3n) is 4.49. The Bertz CT molecular complexity index is 1020. The molecule has 0 aromatic heterocycles. The molecule has 0 radical (unpaired) electrons. The molecule has 0 aliphatic carbocycles. The third kappa shape index (κ3) is 5.13. The van der Waals surface area contributed by atoms with Crippen molar-refractivity contribution in [2.24, 2.45) is 0 Å². The van der Waals surface area contributed by atoms with Gasteiger partial charge < -0.3 is 4.74 Å². The summed E-state index contributed by atoms with van der Waals surface area (Å²) >= 11 is 0. The zero-order valence-electron chi connectivity index (χ0n) is 15.7. The molecule has 0 unspecified atom stereocenters. The van der Waals surface area contributed by atoms with Gasteiger partial charge in [-0.3, -0.25) is 0 Å². The highest BCUT2D eigenvalue weighted by atomic mass is 19.4. The second-order valence-corrected chi connectivity index (χ2v) is 6.65. The average Bonchev–Trinajstić information content (AvgIpc) is 2.67. The van der Waals surface area contributed by atoms with Gasteiger partial charge in [-0.1, -0.05) is 48.6 Å². The van der Waals surface area contributed by atoms with Gasteiger partial charge >= 0.3 is 6.18 Å². The van der Waals surface area contributed by atoms with Gasteiger partial charge in [0.05, 0.1) is 0 Å². The van der Waals surface area contributed by atoms with Gasteiger partial charge in [0, 0.05) is 5.39 Å². The molecule has 0 N–H and O–H groups in total. The minimum absolute atomic E-state index is 0.00435. The zero-order chi connectivity index (χ0) is 21.0. The van der Waals surface area contributed by atoms with Crippen molar-refractivity contribution in [2.75, 3.05) is 6.61 Å². The van der Waals surface area contributed by atoms with Crippen molar-refractivity contribution in [3.63, 3.8) is 0 Å². The van der Waals surface area contributed by atoms with E-state index in [1.807, 2.05) is 37.3 Å². The maximum atomic E-state index is 14.5. The smallest absolute Gasteiger partial charge is 0.422 e. The van der Waals surface area contributed by atoms with Crippen LogP contribution in [0.15, 0.2) is 60.7 Å². The first-order valence-corrected chi connectivity index (χ1v) is 9.10. The van der Waals surface area contributed by atoms with E-state index in [2.05, 4.69) is 10.8 Å². The first kappa shape index (κ1) is 20.8. The summed E-state index contributed by atoms with van der Waals surface area (Å²) in [7, 11) is 0. The van der Waals surface area contributed by atoms with Gasteiger partial charge in [0.15, 0.2) is 24.0 Å². The van der Waals surface area contributed by atoms with Gasteiger partial charge in [0.2, 0.25) is 0 Å². The van der Waals surface area contributed by atoms with Gasteiger partial charge in [0.25, 0.3) is 0 Å². The number of hydrogen-bond acceptors (Lipinski definition) is 1. The molecule has 3 aromatic carbocycles. The first-order valence-electron chi connectivity index (χ1n) is 9.10. The normalized spacial score (nSPS) is 12.1. The summed E-state index contributed by atoms with van der Waals surface area (Å²) in [6, 6.07) is 13.5. The molecule has 0 spiro atoms. The Morgan fingerprint density at radius 3 is 2.28 bits per heavy atom. The maximum absolute atomic E-state index is 14.5. The third-order valence-corrected chi connectivity index (χ3v) is 4.49. The fourth-order valence-corrected chi connectivity index (χ4v) is 3.06. The van der Waals surface area contributed by atoms with Crippen LogP contribution < -0.4 is 4.74 Å². The van der Waals surface area contributed by atoms with Crippen molar-refractivity contribution < 1.29 is 26.7 Å². The van der Waals surface area contributed by atoms with E-state index in [0.29, 0.717) is 0 Å². The molecule has 0 fully saturated rings. The molecular weight excluding hydrogens is 387 g/mol. The number of benzene rings is 3. The standard InChI is InChI=1S/C23H19F5O/c1-2-3-4-5-15-6-8-16(9-7-15)17-10-11-19-18(12-17)13-20(24)22(21(19)25)29-14-23(26,27)28/h2-3,6-13H,4-5,14H2,1H3/b3-2+. The average molecular weight is 406 g/mol. The van der Waals surface area contributed by atoms with Crippen molar-refractivity contribution in [1.29, 1.82) is 0 Å². The molecule has 3 rings (SSSR count). The van der Waals surface area contributed by atoms with Crippen LogP contribution in [0.4, 0.5) is 22.0 Å². The van der Waals surface area contributed by atoms with Crippen molar-refractivity contribution >= 4 is 10.8 Å². The number of ether oxygens (including phenoxy) is 1. The molecule has 0 saturated carbocycles. The quantitative estimate of drug-likeness (QED) is 0.310. The molecule has 152 valence electrons. The highest BCUT2D eigenvalue weighted by Crippen LogP contribution is 2.33. The Morgan fingerprint density at radius 2 is 1.62 bits per heavy atom. The second-order valence-electron chi connectivity index (χ2n) is 6.65. The Labute approximate surface area is 165 Å². The van der Waals surface area contributed by atoms with Crippen LogP contribution in [-0.2, 0) is 6.42 Å². The zero-order valence-corrected chi connectivity index (χ0v) is 15.7. The number of rotatable bonds is 6. The van der Waals surface area contributed by atoms with Gasteiger partial charge in [0.1, 0.15) is 0 Å². The SMILES string of the molecule is C/C=C/CCc1ccc(-c2ccc3c(F)c(OCC(F)(F)F)c(F)cc3c2)cc1. The summed E-state index contributed by atoms with van der Waals surface area (Å²) in [6.07, 6.45) is 1.27. The summed E-state index contributed by atoms with van der Waals surface area (Å²) < 4.78 is 69.9. The Hall–Kier alpha value is -2.89. The molecule has 0 atom stereocenters. The van der Waals surface area contributed by atoms with Crippen LogP contribution in [0.5, 0.6) is 5.75 Å². The van der Waals surface area contributed by atoms with E-state index in [1.54, 1.807) is 12.1 Å². The lowest BCUT2D eigenvalue weighted by molar-refractivity contribution is -0.154. The van der Waals surface area contributed by atoms with Gasteiger partial charge in [-0.15, -0.1) is 0 Å². The highest BCUT2D eigenvalue weighted by molar-refractivity contribution is 5.89. The first-order chi connectivity index (χ1) is 13.8. The summed E-state index contributed by atoms with van der Waals surface area (Å²) in [5, 5.41) is 0.240. The fraction of sp³-hybridized carbons (Fsp3) is 0.217. The van der Waals surface area contributed by atoms with Crippen molar-refractivity contribution in [3.8, 4) is 16.9 Å².